The molecule has 7 nitrogen and oxygen atoms in total. The van der Waals surface area contributed by atoms with E-state index in [9.17, 15) is 18.0 Å². The van der Waals surface area contributed by atoms with Gasteiger partial charge in [-0.1, -0.05) is 12.1 Å². The molecule has 2 aromatic rings. The molecule has 2 saturated heterocycles. The van der Waals surface area contributed by atoms with Crippen molar-refractivity contribution in [3.05, 3.63) is 42.5 Å². The number of amides is 2. The zero-order chi connectivity index (χ0) is 21.6. The summed E-state index contributed by atoms with van der Waals surface area (Å²) in [5.41, 5.74) is 0.252. The van der Waals surface area contributed by atoms with Gasteiger partial charge in [-0.2, -0.15) is 13.2 Å². The molecule has 3 aliphatic rings. The molecular formula is C21H25F3N6O. The molecule has 166 valence electrons. The van der Waals surface area contributed by atoms with Crippen LogP contribution in [-0.2, 0) is 0 Å². The molecule has 3 heterocycles. The molecule has 2 amide bonds. The van der Waals surface area contributed by atoms with E-state index in [2.05, 4.69) is 15.5 Å². The molecule has 2 aliphatic heterocycles. The fourth-order valence-electron chi connectivity index (χ4n) is 4.46. The van der Waals surface area contributed by atoms with Crippen LogP contribution in [0.25, 0.3) is 0 Å². The second-order valence-electron chi connectivity index (χ2n) is 8.94. The highest BCUT2D eigenvalue weighted by Crippen LogP contribution is 2.57. The quantitative estimate of drug-likeness (QED) is 0.782. The second kappa shape index (κ2) is 7.42. The van der Waals surface area contributed by atoms with Crippen LogP contribution in [-0.4, -0.2) is 69.5 Å². The molecule has 1 aromatic heterocycles. The van der Waals surface area contributed by atoms with E-state index in [1.165, 1.54) is 0 Å². The maximum atomic E-state index is 13.0. The lowest BCUT2D eigenvalue weighted by Crippen LogP contribution is -2.53. The van der Waals surface area contributed by atoms with Crippen molar-refractivity contribution in [2.75, 3.05) is 38.0 Å². The largest absolute Gasteiger partial charge is 0.396 e. The molecule has 1 atom stereocenters. The maximum absolute atomic E-state index is 13.0. The first-order valence-electron chi connectivity index (χ1n) is 10.6. The van der Waals surface area contributed by atoms with E-state index in [-0.39, 0.29) is 37.4 Å². The third-order valence-corrected chi connectivity index (χ3v) is 6.91. The minimum atomic E-state index is -4.15. The number of hydrogen-bond donors (Lipinski definition) is 1. The predicted octanol–water partition coefficient (Wildman–Crippen LogP) is 3.50. The summed E-state index contributed by atoms with van der Waals surface area (Å²) in [6.45, 7) is 2.64. The number of aromatic nitrogens is 3. The Morgan fingerprint density at radius 2 is 1.74 bits per heavy atom. The fraction of sp³-hybridized carbons (Fsp3) is 0.571. The standard InChI is InChI=1S/C21H25F3N6O/c22-21(23,24)20(6-7-20)12-25-17-3-1-15(2-4-17)16-9-29(10-16)19(31)28-8-5-18(11-28)30-13-26-27-14-30/h1-4,13-14,16,18,25H,5-12H2/t18-/m0/s1. The highest BCUT2D eigenvalue weighted by atomic mass is 19.4. The molecule has 0 spiro atoms. The van der Waals surface area contributed by atoms with Gasteiger partial charge in [-0.15, -0.1) is 10.2 Å². The number of urea groups is 1. The fourth-order valence-corrected chi connectivity index (χ4v) is 4.46. The Morgan fingerprint density at radius 1 is 1.06 bits per heavy atom. The minimum absolute atomic E-state index is 0.0620. The van der Waals surface area contributed by atoms with E-state index in [0.29, 0.717) is 25.3 Å². The monoisotopic (exact) mass is 434 g/mol. The van der Waals surface area contributed by atoms with Crippen LogP contribution in [0.1, 0.15) is 36.8 Å². The summed E-state index contributed by atoms with van der Waals surface area (Å²) in [4.78, 5) is 16.5. The highest BCUT2D eigenvalue weighted by molar-refractivity contribution is 5.76. The van der Waals surface area contributed by atoms with Gasteiger partial charge in [0.05, 0.1) is 11.5 Å². The lowest BCUT2D eigenvalue weighted by molar-refractivity contribution is -0.182. The zero-order valence-electron chi connectivity index (χ0n) is 17.1. The van der Waals surface area contributed by atoms with Gasteiger partial charge in [-0.25, -0.2) is 4.79 Å². The number of nitrogens with one attached hydrogen (secondary N) is 1. The summed E-state index contributed by atoms with van der Waals surface area (Å²) in [5.74, 6) is 0.263. The molecular weight excluding hydrogens is 409 g/mol. The van der Waals surface area contributed by atoms with Gasteiger partial charge in [0.15, 0.2) is 0 Å². The Morgan fingerprint density at radius 3 is 2.35 bits per heavy atom. The number of rotatable bonds is 5. The molecule has 0 unspecified atom stereocenters. The maximum Gasteiger partial charge on any atom is 0.396 e. The van der Waals surface area contributed by atoms with Crippen LogP contribution in [0.5, 0.6) is 0 Å². The third kappa shape index (κ3) is 3.83. The Labute approximate surface area is 178 Å². The van der Waals surface area contributed by atoms with Crippen LogP contribution in [0.4, 0.5) is 23.7 Å². The lowest BCUT2D eigenvalue weighted by Gasteiger charge is -2.41. The van der Waals surface area contributed by atoms with Gasteiger partial charge in [0, 0.05) is 44.3 Å². The van der Waals surface area contributed by atoms with Crippen molar-refractivity contribution in [1.29, 1.82) is 0 Å². The lowest BCUT2D eigenvalue weighted by atomic mass is 9.91. The van der Waals surface area contributed by atoms with Crippen LogP contribution >= 0.6 is 0 Å². The summed E-state index contributed by atoms with van der Waals surface area (Å²) < 4.78 is 41.1. The molecule has 1 N–H and O–H groups in total. The second-order valence-corrected chi connectivity index (χ2v) is 8.94. The molecule has 0 bridgehead atoms. The van der Waals surface area contributed by atoms with Crippen LogP contribution in [0, 0.1) is 5.41 Å². The van der Waals surface area contributed by atoms with Crippen molar-refractivity contribution in [3.8, 4) is 0 Å². The summed E-state index contributed by atoms with van der Waals surface area (Å²) in [5, 5.41) is 10.6. The van der Waals surface area contributed by atoms with Crippen molar-refractivity contribution in [2.45, 2.75) is 37.4 Å². The predicted molar refractivity (Wildman–Crippen MR) is 108 cm³/mol. The summed E-state index contributed by atoms with van der Waals surface area (Å²) in [6.07, 6.45) is 0.516. The Bertz CT molecular complexity index is 920. The number of benzene rings is 1. The molecule has 1 aromatic carbocycles. The topological polar surface area (TPSA) is 66.3 Å². The van der Waals surface area contributed by atoms with Crippen LogP contribution in [0.15, 0.2) is 36.9 Å². The van der Waals surface area contributed by atoms with E-state index >= 15 is 0 Å². The average Bonchev–Trinajstić information content (AvgIpc) is 3.12. The number of carbonyl (C=O) groups excluding carboxylic acids is 1. The normalized spacial score (nSPS) is 23.0. The first-order chi connectivity index (χ1) is 14.8. The zero-order valence-corrected chi connectivity index (χ0v) is 17.1. The van der Waals surface area contributed by atoms with Gasteiger partial charge in [0.25, 0.3) is 0 Å². The minimum Gasteiger partial charge on any atom is -0.384 e. The van der Waals surface area contributed by atoms with Crippen molar-refractivity contribution in [1.82, 2.24) is 24.6 Å². The molecule has 0 radical (unpaired) electrons. The van der Waals surface area contributed by atoms with Crippen molar-refractivity contribution >= 4 is 11.7 Å². The molecule has 1 aliphatic carbocycles. The van der Waals surface area contributed by atoms with Gasteiger partial charge in [0.1, 0.15) is 12.7 Å². The molecule has 3 fully saturated rings. The van der Waals surface area contributed by atoms with Gasteiger partial charge >= 0.3 is 12.2 Å². The number of carbonyl (C=O) groups is 1. The summed E-state index contributed by atoms with van der Waals surface area (Å²) in [7, 11) is 0. The number of anilines is 1. The molecule has 10 heteroatoms. The summed E-state index contributed by atoms with van der Waals surface area (Å²) >= 11 is 0. The van der Waals surface area contributed by atoms with E-state index in [1.54, 1.807) is 12.7 Å². The smallest absolute Gasteiger partial charge is 0.384 e. The average molecular weight is 434 g/mol. The molecule has 1 saturated carbocycles. The highest BCUT2D eigenvalue weighted by Gasteiger charge is 2.62. The summed E-state index contributed by atoms with van der Waals surface area (Å²) in [6, 6.07) is 7.84. The van der Waals surface area contributed by atoms with Crippen molar-refractivity contribution in [2.24, 2.45) is 5.41 Å². The number of halogens is 3. The van der Waals surface area contributed by atoms with E-state index in [4.69, 9.17) is 0 Å². The van der Waals surface area contributed by atoms with Gasteiger partial charge in [-0.05, 0) is 37.0 Å². The van der Waals surface area contributed by atoms with E-state index in [1.807, 2.05) is 38.6 Å². The molecule has 31 heavy (non-hydrogen) atoms. The number of hydrogen-bond acceptors (Lipinski definition) is 4. The Kier molecular flexibility index (Phi) is 4.82. The molecule has 5 rings (SSSR count). The number of alkyl halides is 3. The Balaban J connectivity index is 1.10. The van der Waals surface area contributed by atoms with Crippen LogP contribution in [0.2, 0.25) is 0 Å². The number of likely N-dealkylation sites (tertiary alicyclic amines) is 2. The van der Waals surface area contributed by atoms with E-state index in [0.717, 1.165) is 18.5 Å². The third-order valence-electron chi connectivity index (χ3n) is 6.91. The first-order valence-corrected chi connectivity index (χ1v) is 10.6. The van der Waals surface area contributed by atoms with Gasteiger partial charge in [0.2, 0.25) is 0 Å². The van der Waals surface area contributed by atoms with Gasteiger partial charge in [-0.3, -0.25) is 0 Å². The SMILES string of the molecule is O=C(N1CC(c2ccc(NCC3(C(F)(F)F)CC3)cc2)C1)N1CC[C@H](n2cnnc2)C1. The van der Waals surface area contributed by atoms with Gasteiger partial charge < -0.3 is 19.7 Å². The van der Waals surface area contributed by atoms with Crippen molar-refractivity contribution in [3.63, 3.8) is 0 Å². The number of nitrogens with zero attached hydrogens (tertiary/aromatic N) is 5. The van der Waals surface area contributed by atoms with Crippen LogP contribution < -0.4 is 5.32 Å². The Hall–Kier alpha value is -2.78. The van der Waals surface area contributed by atoms with E-state index < -0.39 is 11.6 Å². The van der Waals surface area contributed by atoms with Crippen molar-refractivity contribution < 1.29 is 18.0 Å². The van der Waals surface area contributed by atoms with Crippen LogP contribution in [0.3, 0.4) is 0 Å². The first kappa shape index (κ1) is 20.1.